The molecule has 5 aromatic carbocycles. The maximum Gasteiger partial charge on any atom is 0.221 e. The second-order valence-electron chi connectivity index (χ2n) is 10.8. The zero-order chi connectivity index (χ0) is 28.3. The first-order valence-corrected chi connectivity index (χ1v) is 14.4. The lowest BCUT2D eigenvalue weighted by Crippen LogP contribution is -2.07. The Morgan fingerprint density at radius 2 is 0.907 bits per heavy atom. The lowest BCUT2D eigenvalue weighted by atomic mass is 10.1. The molecular formula is C38H25N5. The predicted octanol–water partition coefficient (Wildman–Crippen LogP) is 9.13. The van der Waals surface area contributed by atoms with Gasteiger partial charge in [-0.2, -0.15) is 0 Å². The topological polar surface area (TPSA) is 40.6 Å². The number of aromatic nitrogens is 5. The second-order valence-corrected chi connectivity index (χ2v) is 10.8. The zero-order valence-corrected chi connectivity index (χ0v) is 23.2. The summed E-state index contributed by atoms with van der Waals surface area (Å²) >= 11 is 0. The van der Waals surface area contributed by atoms with Crippen LogP contribution in [0, 0.1) is 0 Å². The van der Waals surface area contributed by atoms with E-state index in [4.69, 9.17) is 9.97 Å². The molecule has 4 heterocycles. The highest BCUT2D eigenvalue weighted by molar-refractivity contribution is 6.16. The molecule has 0 unspecified atom stereocenters. The highest BCUT2D eigenvalue weighted by Crippen LogP contribution is 2.38. The third kappa shape index (κ3) is 3.52. The number of rotatable bonds is 4. The Labute approximate surface area is 247 Å². The van der Waals surface area contributed by atoms with E-state index >= 15 is 0 Å². The van der Waals surface area contributed by atoms with Crippen molar-refractivity contribution in [3.63, 3.8) is 0 Å². The third-order valence-corrected chi connectivity index (χ3v) is 8.32. The van der Waals surface area contributed by atoms with Crippen molar-refractivity contribution in [1.29, 1.82) is 0 Å². The molecule has 0 bridgehead atoms. The molecule has 4 aromatic heterocycles. The van der Waals surface area contributed by atoms with Crippen molar-refractivity contribution in [3.8, 4) is 28.6 Å². The molecule has 43 heavy (non-hydrogen) atoms. The Morgan fingerprint density at radius 1 is 0.419 bits per heavy atom. The summed E-state index contributed by atoms with van der Waals surface area (Å²) < 4.78 is 6.72. The molecule has 9 rings (SSSR count). The van der Waals surface area contributed by atoms with E-state index in [-0.39, 0.29) is 0 Å². The predicted molar refractivity (Wildman–Crippen MR) is 175 cm³/mol. The van der Waals surface area contributed by atoms with Crippen molar-refractivity contribution in [2.24, 2.45) is 0 Å². The number of para-hydroxylation sites is 4. The molecule has 5 nitrogen and oxygen atoms in total. The Balaban J connectivity index is 1.44. The van der Waals surface area contributed by atoms with Crippen LogP contribution in [0.3, 0.4) is 0 Å². The van der Waals surface area contributed by atoms with Crippen LogP contribution in [0.4, 0.5) is 0 Å². The average molecular weight is 552 g/mol. The Bertz CT molecular complexity index is 2430. The van der Waals surface area contributed by atoms with Crippen molar-refractivity contribution < 1.29 is 0 Å². The highest BCUT2D eigenvalue weighted by atomic mass is 15.3. The first kappa shape index (κ1) is 23.7. The molecule has 0 saturated carbocycles. The van der Waals surface area contributed by atoms with Gasteiger partial charge >= 0.3 is 0 Å². The summed E-state index contributed by atoms with van der Waals surface area (Å²) in [5, 5.41) is 4.56. The second kappa shape index (κ2) is 9.29. The molecule has 9 aromatic rings. The summed E-state index contributed by atoms with van der Waals surface area (Å²) in [6, 6.07) is 50.8. The Morgan fingerprint density at radius 3 is 1.53 bits per heavy atom. The van der Waals surface area contributed by atoms with Gasteiger partial charge in [0.15, 0.2) is 0 Å². The Hall–Kier alpha value is -5.94. The van der Waals surface area contributed by atoms with Crippen molar-refractivity contribution >= 4 is 43.9 Å². The average Bonchev–Trinajstić information content (AvgIpc) is 3.75. The van der Waals surface area contributed by atoms with E-state index in [1.54, 1.807) is 0 Å². The number of imidazole rings is 1. The van der Waals surface area contributed by atoms with Gasteiger partial charge in [-0.3, -0.25) is 13.7 Å². The molecule has 0 N–H and O–H groups in total. The van der Waals surface area contributed by atoms with Gasteiger partial charge in [0.1, 0.15) is 11.3 Å². The van der Waals surface area contributed by atoms with Crippen LogP contribution < -0.4 is 0 Å². The molecule has 0 aliphatic carbocycles. The minimum absolute atomic E-state index is 0.797. The van der Waals surface area contributed by atoms with Crippen LogP contribution >= 0.6 is 0 Å². The van der Waals surface area contributed by atoms with Crippen LogP contribution in [-0.4, -0.2) is 23.7 Å². The van der Waals surface area contributed by atoms with Crippen LogP contribution in [0.15, 0.2) is 152 Å². The van der Waals surface area contributed by atoms with E-state index in [9.17, 15) is 0 Å². The van der Waals surface area contributed by atoms with Crippen LogP contribution in [0.5, 0.6) is 0 Å². The molecule has 0 saturated heterocycles. The molecule has 5 heteroatoms. The van der Waals surface area contributed by atoms with Crippen molar-refractivity contribution in [3.05, 3.63) is 152 Å². The van der Waals surface area contributed by atoms with E-state index in [1.165, 1.54) is 5.39 Å². The first-order valence-electron chi connectivity index (χ1n) is 14.4. The van der Waals surface area contributed by atoms with Gasteiger partial charge in [0.25, 0.3) is 0 Å². The van der Waals surface area contributed by atoms with Gasteiger partial charge in [-0.1, -0.05) is 103 Å². The van der Waals surface area contributed by atoms with Gasteiger partial charge in [-0.05, 0) is 42.5 Å². The standard InChI is InChI=1S/C38H25N5/c1-4-14-26(15-5-1)35-25-39-38(42(35)28-18-8-3-9-19-28)43-34-23-13-11-21-30(34)32-24-31-29-20-10-12-22-33(29)41(36(31)40-37(32)43)27-16-6-2-7-17-27/h1-25H. The summed E-state index contributed by atoms with van der Waals surface area (Å²) in [4.78, 5) is 10.6. The summed E-state index contributed by atoms with van der Waals surface area (Å²) in [6.45, 7) is 0. The summed E-state index contributed by atoms with van der Waals surface area (Å²) in [7, 11) is 0. The van der Waals surface area contributed by atoms with Gasteiger partial charge in [0.05, 0.1) is 22.9 Å². The fourth-order valence-corrected chi connectivity index (χ4v) is 6.44. The molecule has 0 amide bonds. The van der Waals surface area contributed by atoms with Gasteiger partial charge in [0, 0.05) is 38.5 Å². The van der Waals surface area contributed by atoms with Crippen molar-refractivity contribution in [2.45, 2.75) is 0 Å². The normalized spacial score (nSPS) is 11.7. The molecule has 0 aliphatic rings. The molecular weight excluding hydrogens is 526 g/mol. The summed E-state index contributed by atoms with van der Waals surface area (Å²) in [5.74, 6) is 0.797. The largest absolute Gasteiger partial charge is 0.294 e. The minimum Gasteiger partial charge on any atom is -0.294 e. The van der Waals surface area contributed by atoms with E-state index in [0.29, 0.717) is 0 Å². The van der Waals surface area contributed by atoms with Crippen LogP contribution in [0.25, 0.3) is 72.5 Å². The van der Waals surface area contributed by atoms with Crippen LogP contribution in [-0.2, 0) is 0 Å². The zero-order valence-electron chi connectivity index (χ0n) is 23.2. The van der Waals surface area contributed by atoms with E-state index in [2.05, 4.69) is 147 Å². The van der Waals surface area contributed by atoms with Crippen LogP contribution in [0.1, 0.15) is 0 Å². The maximum absolute atomic E-state index is 5.49. The molecule has 0 atom stereocenters. The van der Waals surface area contributed by atoms with E-state index < -0.39 is 0 Å². The number of pyridine rings is 1. The SMILES string of the molecule is c1ccc(-c2cnc(-n3c4ccccc4c4cc5c6ccccc6n(-c6ccccc6)c5nc43)n2-c2ccccc2)cc1. The summed E-state index contributed by atoms with van der Waals surface area (Å²) in [6.07, 6.45) is 1.97. The van der Waals surface area contributed by atoms with Crippen LogP contribution in [0.2, 0.25) is 0 Å². The number of hydrogen-bond donors (Lipinski definition) is 0. The maximum atomic E-state index is 5.49. The monoisotopic (exact) mass is 551 g/mol. The first-order chi connectivity index (χ1) is 21.4. The number of hydrogen-bond acceptors (Lipinski definition) is 2. The van der Waals surface area contributed by atoms with Crippen molar-refractivity contribution in [2.75, 3.05) is 0 Å². The molecule has 0 spiro atoms. The number of fused-ring (bicyclic) bond motifs is 6. The smallest absolute Gasteiger partial charge is 0.221 e. The van der Waals surface area contributed by atoms with Gasteiger partial charge in [-0.25, -0.2) is 9.97 Å². The summed E-state index contributed by atoms with van der Waals surface area (Å²) in [5.41, 5.74) is 8.24. The molecule has 0 radical (unpaired) electrons. The lowest BCUT2D eigenvalue weighted by Gasteiger charge is -2.14. The van der Waals surface area contributed by atoms with Gasteiger partial charge < -0.3 is 0 Å². The minimum atomic E-state index is 0.797. The fourth-order valence-electron chi connectivity index (χ4n) is 6.44. The molecule has 0 fully saturated rings. The van der Waals surface area contributed by atoms with Crippen molar-refractivity contribution in [1.82, 2.24) is 23.7 Å². The van der Waals surface area contributed by atoms with Gasteiger partial charge in [0.2, 0.25) is 5.95 Å². The number of benzene rings is 5. The highest BCUT2D eigenvalue weighted by Gasteiger charge is 2.23. The van der Waals surface area contributed by atoms with E-state index in [0.717, 1.165) is 67.1 Å². The Kier molecular flexibility index (Phi) is 5.13. The quantitative estimate of drug-likeness (QED) is 0.219. The lowest BCUT2D eigenvalue weighted by molar-refractivity contribution is 0.932. The molecule has 0 aliphatic heterocycles. The van der Waals surface area contributed by atoms with E-state index in [1.807, 2.05) is 18.3 Å². The molecule has 202 valence electrons. The van der Waals surface area contributed by atoms with Gasteiger partial charge in [-0.15, -0.1) is 0 Å². The fraction of sp³-hybridized carbons (Fsp3) is 0. The number of nitrogens with zero attached hydrogens (tertiary/aromatic N) is 5. The third-order valence-electron chi connectivity index (χ3n) is 8.32.